The van der Waals surface area contributed by atoms with Crippen LogP contribution in [0.25, 0.3) is 11.0 Å². The van der Waals surface area contributed by atoms with E-state index in [9.17, 15) is 14.4 Å². The Balaban J connectivity index is 1.71. The van der Waals surface area contributed by atoms with Gasteiger partial charge in [0.05, 0.1) is 0 Å². The fraction of sp³-hybridized carbons (Fsp3) is 0.452. The van der Waals surface area contributed by atoms with Crippen molar-refractivity contribution in [3.05, 3.63) is 64.4 Å². The van der Waals surface area contributed by atoms with Crippen molar-refractivity contribution >= 4 is 28.6 Å². The van der Waals surface area contributed by atoms with Gasteiger partial charge in [0.25, 0.3) is 5.91 Å². The van der Waals surface area contributed by atoms with Crippen LogP contribution in [0.5, 0.6) is 5.75 Å². The maximum absolute atomic E-state index is 12.6. The van der Waals surface area contributed by atoms with Crippen LogP contribution in [0.2, 0.25) is 0 Å². The van der Waals surface area contributed by atoms with Crippen LogP contribution >= 0.6 is 0 Å². The molecule has 0 radical (unpaired) electrons. The number of hydrogen-bond donors (Lipinski definition) is 1. The molecule has 0 fully saturated rings. The lowest BCUT2D eigenvalue weighted by Gasteiger charge is -2.19. The summed E-state index contributed by atoms with van der Waals surface area (Å²) in [4.78, 5) is 36.9. The van der Waals surface area contributed by atoms with Crippen LogP contribution in [0.15, 0.2) is 40.8 Å². The van der Waals surface area contributed by atoms with Gasteiger partial charge in [0.1, 0.15) is 24.5 Å². The maximum Gasteiger partial charge on any atom is 0.323 e. The normalized spacial score (nSPS) is 12.4. The maximum atomic E-state index is 12.6. The summed E-state index contributed by atoms with van der Waals surface area (Å²) in [5.41, 5.74) is 4.58. The third-order valence-electron chi connectivity index (χ3n) is 6.93. The molecule has 1 N–H and O–H groups in total. The Hall–Kier alpha value is -3.61. The fourth-order valence-corrected chi connectivity index (χ4v) is 4.51. The van der Waals surface area contributed by atoms with Gasteiger partial charge in [-0.15, -0.1) is 0 Å². The Morgan fingerprint density at radius 3 is 2.37 bits per heavy atom. The minimum Gasteiger partial charge on any atom is -0.486 e. The number of aryl methyl sites for hydroxylation is 3. The van der Waals surface area contributed by atoms with Gasteiger partial charge in [0.2, 0.25) is 0 Å². The second-order valence-electron chi connectivity index (χ2n) is 11.1. The zero-order chi connectivity index (χ0) is 28.2. The highest BCUT2D eigenvalue weighted by Gasteiger charge is 2.22. The zero-order valence-electron chi connectivity index (χ0n) is 23.5. The van der Waals surface area contributed by atoms with E-state index < -0.39 is 17.3 Å². The number of Topliss-reactive ketones (excluding diaryl/α,β-unsaturated/α-hetero) is 1. The van der Waals surface area contributed by atoms with E-state index in [4.69, 9.17) is 14.3 Å². The monoisotopic (exact) mass is 521 g/mol. The van der Waals surface area contributed by atoms with Crippen molar-refractivity contribution in [2.24, 2.45) is 5.41 Å². The highest BCUT2D eigenvalue weighted by Crippen LogP contribution is 2.31. The lowest BCUT2D eigenvalue weighted by molar-refractivity contribution is -0.137. The van der Waals surface area contributed by atoms with Crippen molar-refractivity contribution in [1.29, 1.82) is 0 Å². The van der Waals surface area contributed by atoms with E-state index in [1.807, 2.05) is 46.8 Å². The Labute approximate surface area is 224 Å². The number of ketones is 1. The summed E-state index contributed by atoms with van der Waals surface area (Å²) in [6.45, 7) is 11.5. The number of benzene rings is 2. The van der Waals surface area contributed by atoms with Gasteiger partial charge in [-0.3, -0.25) is 14.4 Å². The van der Waals surface area contributed by atoms with Crippen LogP contribution in [0.4, 0.5) is 0 Å². The van der Waals surface area contributed by atoms with Crippen LogP contribution in [-0.4, -0.2) is 47.9 Å². The molecule has 1 aromatic heterocycles. The molecule has 1 unspecified atom stereocenters. The molecule has 0 spiro atoms. The number of nitrogens with zero attached hydrogens (tertiary/aromatic N) is 1. The molecule has 3 rings (SSSR count). The molecular weight excluding hydrogens is 482 g/mol. The largest absolute Gasteiger partial charge is 0.486 e. The number of hydrogen-bond acceptors (Lipinski definition) is 5. The molecule has 0 saturated heterocycles. The molecule has 0 bridgehead atoms. The van der Waals surface area contributed by atoms with Crippen LogP contribution in [0, 0.1) is 19.3 Å². The number of ether oxygens (including phenoxy) is 1. The molecule has 7 nitrogen and oxygen atoms in total. The number of likely N-dealkylation sites (N-methyl/N-ethyl adjacent to an activating group) is 1. The fourth-order valence-electron chi connectivity index (χ4n) is 4.51. The first-order valence-electron chi connectivity index (χ1n) is 13.1. The van der Waals surface area contributed by atoms with E-state index in [0.717, 1.165) is 52.0 Å². The summed E-state index contributed by atoms with van der Waals surface area (Å²) in [5, 5.41) is 9.80. The number of carbonyl (C=O) groups excluding carboxylic acids is 2. The summed E-state index contributed by atoms with van der Waals surface area (Å²) < 4.78 is 11.6. The Morgan fingerprint density at radius 2 is 1.76 bits per heavy atom. The standard InChI is InChI=1S/C31H39NO6/c1-8-22(23-11-12-25(19(2)14-23)37-18-27(33)31(4,5)6)10-9-21-13-20(3)29-24(15-21)16-26(38-29)30(36)32(7)17-28(34)35/h11-16,22H,8-10,17-18H2,1-7H3,(H,34,35). The molecule has 204 valence electrons. The number of carbonyl (C=O) groups is 3. The summed E-state index contributed by atoms with van der Waals surface area (Å²) in [7, 11) is 1.44. The third kappa shape index (κ3) is 7.03. The van der Waals surface area contributed by atoms with Crippen molar-refractivity contribution in [2.75, 3.05) is 20.2 Å². The van der Waals surface area contributed by atoms with E-state index in [-0.39, 0.29) is 24.7 Å². The first kappa shape index (κ1) is 29.0. The summed E-state index contributed by atoms with van der Waals surface area (Å²) >= 11 is 0. The molecule has 38 heavy (non-hydrogen) atoms. The minimum absolute atomic E-state index is 0.0693. The van der Waals surface area contributed by atoms with Gasteiger partial charge in [0.15, 0.2) is 11.5 Å². The molecule has 1 amide bonds. The summed E-state index contributed by atoms with van der Waals surface area (Å²) in [6, 6.07) is 12.0. The SMILES string of the molecule is CCC(CCc1cc(C)c2oc(C(=O)N(C)CC(=O)O)cc2c1)c1ccc(OCC(=O)C(C)(C)C)c(C)c1. The minimum atomic E-state index is -1.08. The first-order chi connectivity index (χ1) is 17.8. The number of carboxylic acids is 1. The molecular formula is C31H39NO6. The number of amides is 1. The average Bonchev–Trinajstić information content (AvgIpc) is 3.27. The average molecular weight is 522 g/mol. The highest BCUT2D eigenvalue weighted by atomic mass is 16.5. The molecule has 1 atom stereocenters. The number of aliphatic carboxylic acids is 1. The molecule has 0 saturated carbocycles. The van der Waals surface area contributed by atoms with Gasteiger partial charge >= 0.3 is 5.97 Å². The second kappa shape index (κ2) is 11.8. The van der Waals surface area contributed by atoms with Crippen LogP contribution in [-0.2, 0) is 16.0 Å². The van der Waals surface area contributed by atoms with Crippen molar-refractivity contribution < 1.29 is 28.6 Å². The Bertz CT molecular complexity index is 1330. The lowest BCUT2D eigenvalue weighted by atomic mass is 9.89. The topological polar surface area (TPSA) is 97.1 Å². The zero-order valence-corrected chi connectivity index (χ0v) is 23.5. The summed E-state index contributed by atoms with van der Waals surface area (Å²) in [6.07, 6.45) is 2.80. The van der Waals surface area contributed by atoms with Crippen molar-refractivity contribution in [3.63, 3.8) is 0 Å². The number of rotatable bonds is 11. The van der Waals surface area contributed by atoms with Gasteiger partial charge < -0.3 is 19.2 Å². The third-order valence-corrected chi connectivity index (χ3v) is 6.93. The first-order valence-corrected chi connectivity index (χ1v) is 13.1. The van der Waals surface area contributed by atoms with Crippen LogP contribution in [0.1, 0.15) is 79.3 Å². The Morgan fingerprint density at radius 1 is 1.05 bits per heavy atom. The van der Waals surface area contributed by atoms with E-state index in [1.165, 1.54) is 12.6 Å². The van der Waals surface area contributed by atoms with Gasteiger partial charge in [0, 0.05) is 17.8 Å². The summed E-state index contributed by atoms with van der Waals surface area (Å²) in [5.74, 6) is -0.226. The predicted octanol–water partition coefficient (Wildman–Crippen LogP) is 6.33. The van der Waals surface area contributed by atoms with E-state index >= 15 is 0 Å². The molecule has 1 heterocycles. The van der Waals surface area contributed by atoms with Gasteiger partial charge in [-0.25, -0.2) is 0 Å². The molecule has 0 aliphatic heterocycles. The van der Waals surface area contributed by atoms with E-state index in [1.54, 1.807) is 6.07 Å². The van der Waals surface area contributed by atoms with Crippen molar-refractivity contribution in [1.82, 2.24) is 4.90 Å². The van der Waals surface area contributed by atoms with E-state index in [2.05, 4.69) is 25.1 Å². The van der Waals surface area contributed by atoms with Gasteiger partial charge in [-0.1, -0.05) is 45.9 Å². The van der Waals surface area contributed by atoms with Crippen LogP contribution < -0.4 is 4.74 Å². The molecule has 0 aliphatic rings. The molecule has 0 aliphatic carbocycles. The van der Waals surface area contributed by atoms with E-state index in [0.29, 0.717) is 11.5 Å². The van der Waals surface area contributed by atoms with Crippen molar-refractivity contribution in [3.8, 4) is 5.75 Å². The number of fused-ring (bicyclic) bond motifs is 1. The molecule has 2 aromatic carbocycles. The smallest absolute Gasteiger partial charge is 0.323 e. The quantitative estimate of drug-likeness (QED) is 0.317. The van der Waals surface area contributed by atoms with Gasteiger partial charge in [-0.2, -0.15) is 0 Å². The number of carboxylic acid groups (broad SMARTS) is 1. The lowest BCUT2D eigenvalue weighted by Crippen LogP contribution is -2.31. The van der Waals surface area contributed by atoms with Gasteiger partial charge in [-0.05, 0) is 79.5 Å². The number of furan rings is 1. The molecule has 3 aromatic rings. The predicted molar refractivity (Wildman–Crippen MR) is 148 cm³/mol. The Kier molecular flexibility index (Phi) is 9.02. The van der Waals surface area contributed by atoms with Crippen LogP contribution in [0.3, 0.4) is 0 Å². The highest BCUT2D eigenvalue weighted by molar-refractivity contribution is 5.97. The molecule has 7 heteroatoms. The van der Waals surface area contributed by atoms with Crippen molar-refractivity contribution in [2.45, 2.75) is 66.7 Å². The second-order valence-corrected chi connectivity index (χ2v) is 11.1.